The summed E-state index contributed by atoms with van der Waals surface area (Å²) in [5.41, 5.74) is 12.5. The molecular weight excluding hydrogens is 473 g/mol. The topological polar surface area (TPSA) is 158 Å². The molecule has 0 saturated carbocycles. The zero-order valence-electron chi connectivity index (χ0n) is 19.4. The fraction of sp³-hybridized carbons (Fsp3) is 0.261. The smallest absolute Gasteiger partial charge is 0.241 e. The maximum Gasteiger partial charge on any atom is 0.241 e. The number of nitrogens with one attached hydrogen (secondary N) is 2. The summed E-state index contributed by atoms with van der Waals surface area (Å²) < 4.78 is 45.8. The van der Waals surface area contributed by atoms with Gasteiger partial charge in [-0.05, 0) is 49.7 Å². The highest BCUT2D eigenvalue weighted by molar-refractivity contribution is 7.92. The molecule has 1 unspecified atom stereocenters. The first-order valence-electron chi connectivity index (χ1n) is 10.8. The van der Waals surface area contributed by atoms with Crippen LogP contribution in [0.5, 0.6) is 0 Å². The SMILES string of the molecule is CC(C)S(=O)(=O)c1ccc(-c2cnc(N)c(C3(C)NN=C(c4ccc(CNN)cc4)O3)n2)c(F)c1. The van der Waals surface area contributed by atoms with E-state index in [1.807, 2.05) is 24.3 Å². The molecule has 0 radical (unpaired) electrons. The van der Waals surface area contributed by atoms with Crippen molar-refractivity contribution < 1.29 is 17.5 Å². The number of hydrogen-bond acceptors (Lipinski definition) is 10. The summed E-state index contributed by atoms with van der Waals surface area (Å²) in [4.78, 5) is 8.55. The third kappa shape index (κ3) is 4.67. The Labute approximate surface area is 202 Å². The predicted octanol–water partition coefficient (Wildman–Crippen LogP) is 2.16. The van der Waals surface area contributed by atoms with Crippen molar-refractivity contribution in [1.29, 1.82) is 0 Å². The Bertz CT molecular complexity index is 1390. The van der Waals surface area contributed by atoms with Gasteiger partial charge in [-0.3, -0.25) is 16.7 Å². The Morgan fingerprint density at radius 2 is 1.91 bits per heavy atom. The van der Waals surface area contributed by atoms with Crippen LogP contribution in [0.25, 0.3) is 11.3 Å². The Balaban J connectivity index is 1.63. The number of hydrazone groups is 1. The van der Waals surface area contributed by atoms with Crippen LogP contribution in [0.3, 0.4) is 0 Å². The van der Waals surface area contributed by atoms with Gasteiger partial charge in [0.2, 0.25) is 11.6 Å². The van der Waals surface area contributed by atoms with E-state index in [2.05, 4.69) is 25.9 Å². The highest BCUT2D eigenvalue weighted by Gasteiger charge is 2.39. The summed E-state index contributed by atoms with van der Waals surface area (Å²) in [7, 11) is -3.63. The minimum atomic E-state index is -3.63. The van der Waals surface area contributed by atoms with Crippen molar-refractivity contribution in [2.75, 3.05) is 5.73 Å². The van der Waals surface area contributed by atoms with Crippen molar-refractivity contribution in [2.45, 2.75) is 43.2 Å². The third-order valence-corrected chi connectivity index (χ3v) is 7.75. The second kappa shape index (κ2) is 9.21. The molecule has 3 aromatic rings. The molecule has 184 valence electrons. The van der Waals surface area contributed by atoms with Crippen molar-refractivity contribution in [3.05, 3.63) is 71.3 Å². The lowest BCUT2D eigenvalue weighted by atomic mass is 10.1. The van der Waals surface area contributed by atoms with E-state index in [4.69, 9.17) is 16.3 Å². The second-order valence-corrected chi connectivity index (χ2v) is 11.0. The molecule has 0 amide bonds. The summed E-state index contributed by atoms with van der Waals surface area (Å²) in [6.45, 7) is 5.27. The van der Waals surface area contributed by atoms with E-state index in [0.29, 0.717) is 12.4 Å². The van der Waals surface area contributed by atoms with E-state index in [1.165, 1.54) is 32.2 Å². The van der Waals surface area contributed by atoms with Crippen molar-refractivity contribution in [2.24, 2.45) is 10.9 Å². The zero-order chi connectivity index (χ0) is 25.4. The quantitative estimate of drug-likeness (QED) is 0.282. The van der Waals surface area contributed by atoms with E-state index in [1.54, 1.807) is 6.92 Å². The number of ether oxygens (including phenoxy) is 1. The molecule has 0 fully saturated rings. The van der Waals surface area contributed by atoms with E-state index in [0.717, 1.165) is 17.2 Å². The van der Waals surface area contributed by atoms with Gasteiger partial charge in [-0.1, -0.05) is 12.1 Å². The highest BCUT2D eigenvalue weighted by atomic mass is 32.2. The van der Waals surface area contributed by atoms with Crippen LogP contribution in [-0.2, 0) is 26.8 Å². The van der Waals surface area contributed by atoms with Gasteiger partial charge >= 0.3 is 0 Å². The van der Waals surface area contributed by atoms with Gasteiger partial charge < -0.3 is 10.5 Å². The molecule has 0 saturated heterocycles. The summed E-state index contributed by atoms with van der Waals surface area (Å²) in [6, 6.07) is 11.1. The zero-order valence-corrected chi connectivity index (χ0v) is 20.2. The first-order chi connectivity index (χ1) is 16.5. The van der Waals surface area contributed by atoms with Crippen LogP contribution in [0.15, 0.2) is 58.7 Å². The standard InChI is InChI=1S/C23H26FN7O3S/c1-13(2)35(32,33)16-8-9-17(18(24)10-16)19-12-27-21(25)20(29-19)23(3)31-30-22(34-23)15-6-4-14(5-7-15)11-28-26/h4-10,12-13,28,31H,11,26H2,1-3H3,(H2,25,27). The number of nitrogen functional groups attached to an aromatic ring is 1. The van der Waals surface area contributed by atoms with E-state index >= 15 is 0 Å². The number of sulfone groups is 1. The molecule has 0 aliphatic carbocycles. The van der Waals surface area contributed by atoms with Crippen LogP contribution in [0.2, 0.25) is 0 Å². The van der Waals surface area contributed by atoms with E-state index in [-0.39, 0.29) is 27.7 Å². The summed E-state index contributed by atoms with van der Waals surface area (Å²) in [5.74, 6) is 5.00. The molecule has 1 atom stereocenters. The molecule has 1 aliphatic rings. The number of anilines is 1. The van der Waals surface area contributed by atoms with Crippen LogP contribution >= 0.6 is 0 Å². The lowest BCUT2D eigenvalue weighted by molar-refractivity contribution is 0.0629. The number of benzene rings is 2. The second-order valence-electron chi connectivity index (χ2n) is 8.47. The Kier molecular flexibility index (Phi) is 6.45. The molecule has 2 aromatic carbocycles. The number of nitrogens with zero attached hydrogens (tertiary/aromatic N) is 3. The predicted molar refractivity (Wildman–Crippen MR) is 130 cm³/mol. The molecule has 1 aromatic heterocycles. The molecule has 35 heavy (non-hydrogen) atoms. The first kappa shape index (κ1) is 24.5. The molecule has 0 bridgehead atoms. The maximum absolute atomic E-state index is 15.0. The fourth-order valence-corrected chi connectivity index (χ4v) is 4.61. The van der Waals surface area contributed by atoms with Gasteiger partial charge in [-0.2, -0.15) is 0 Å². The molecule has 1 aliphatic heterocycles. The lowest BCUT2D eigenvalue weighted by Crippen LogP contribution is -2.37. The number of hydrogen-bond donors (Lipinski definition) is 4. The van der Waals surface area contributed by atoms with Crippen LogP contribution in [-0.4, -0.2) is 29.5 Å². The van der Waals surface area contributed by atoms with Gasteiger partial charge in [0.25, 0.3) is 0 Å². The summed E-state index contributed by atoms with van der Waals surface area (Å²) in [6.07, 6.45) is 1.32. The molecule has 10 nitrogen and oxygen atoms in total. The number of aromatic nitrogens is 2. The van der Waals surface area contributed by atoms with Crippen molar-refractivity contribution in [3.8, 4) is 11.3 Å². The normalized spacial score (nSPS) is 17.7. The van der Waals surface area contributed by atoms with Gasteiger partial charge in [-0.15, -0.1) is 5.10 Å². The molecule has 2 heterocycles. The number of rotatable bonds is 7. The van der Waals surface area contributed by atoms with Gasteiger partial charge in [0, 0.05) is 24.6 Å². The van der Waals surface area contributed by atoms with E-state index < -0.39 is 26.6 Å². The van der Waals surface area contributed by atoms with Gasteiger partial charge in [0.15, 0.2) is 15.7 Å². The summed E-state index contributed by atoms with van der Waals surface area (Å²) in [5, 5.41) is 3.59. The maximum atomic E-state index is 15.0. The van der Waals surface area contributed by atoms with Crippen LogP contribution in [0.1, 0.15) is 37.6 Å². The Morgan fingerprint density at radius 3 is 2.54 bits per heavy atom. The Morgan fingerprint density at radius 1 is 1.20 bits per heavy atom. The van der Waals surface area contributed by atoms with Crippen molar-refractivity contribution in [3.63, 3.8) is 0 Å². The van der Waals surface area contributed by atoms with E-state index in [9.17, 15) is 12.8 Å². The van der Waals surface area contributed by atoms with Crippen LogP contribution < -0.4 is 22.4 Å². The number of nitrogens with two attached hydrogens (primary N) is 2. The molecule has 4 rings (SSSR count). The summed E-state index contributed by atoms with van der Waals surface area (Å²) >= 11 is 0. The van der Waals surface area contributed by atoms with Gasteiger partial charge in [-0.25, -0.2) is 22.8 Å². The minimum absolute atomic E-state index is 0.0731. The van der Waals surface area contributed by atoms with Crippen molar-refractivity contribution in [1.82, 2.24) is 20.8 Å². The number of hydrazine groups is 1. The molecule has 0 spiro atoms. The lowest BCUT2D eigenvalue weighted by Gasteiger charge is -2.24. The molecule has 12 heteroatoms. The van der Waals surface area contributed by atoms with Gasteiger partial charge in [0.05, 0.1) is 22.0 Å². The average Bonchev–Trinajstić information content (AvgIpc) is 3.23. The van der Waals surface area contributed by atoms with Gasteiger partial charge in [0.1, 0.15) is 11.5 Å². The average molecular weight is 500 g/mol. The monoisotopic (exact) mass is 499 g/mol. The molecular formula is C23H26FN7O3S. The highest BCUT2D eigenvalue weighted by Crippen LogP contribution is 2.32. The largest absolute Gasteiger partial charge is 0.442 e. The Hall–Kier alpha value is -3.61. The van der Waals surface area contributed by atoms with Crippen LogP contribution in [0.4, 0.5) is 10.2 Å². The molecule has 6 N–H and O–H groups in total. The third-order valence-electron chi connectivity index (χ3n) is 5.60. The van der Waals surface area contributed by atoms with Crippen LogP contribution in [0, 0.1) is 5.82 Å². The van der Waals surface area contributed by atoms with Crippen molar-refractivity contribution >= 4 is 21.6 Å². The number of halogens is 1. The first-order valence-corrected chi connectivity index (χ1v) is 12.3. The minimum Gasteiger partial charge on any atom is -0.442 e. The fourth-order valence-electron chi connectivity index (χ4n) is 3.54.